The number of hydrogen-bond acceptors (Lipinski definition) is 6. The third kappa shape index (κ3) is 3.56. The number of carbonyl (C=O) groups is 2. The molecule has 4 rings (SSSR count). The number of amides is 1. The van der Waals surface area contributed by atoms with Gasteiger partial charge in [0, 0.05) is 29.1 Å². The van der Waals surface area contributed by atoms with E-state index in [0.717, 1.165) is 15.8 Å². The van der Waals surface area contributed by atoms with Gasteiger partial charge in [0.05, 0.1) is 5.56 Å². The number of aromatic carboxylic acids is 1. The molecule has 1 aromatic carbocycles. The zero-order chi connectivity index (χ0) is 18.8. The quantitative estimate of drug-likeness (QED) is 0.546. The number of furan rings is 1. The van der Waals surface area contributed by atoms with E-state index in [0.29, 0.717) is 22.7 Å². The molecule has 0 saturated carbocycles. The lowest BCUT2D eigenvalue weighted by Gasteiger charge is -2.00. The van der Waals surface area contributed by atoms with E-state index in [-0.39, 0.29) is 11.6 Å². The number of carboxylic acids is 1. The zero-order valence-electron chi connectivity index (χ0n) is 13.9. The minimum absolute atomic E-state index is 0.00310. The van der Waals surface area contributed by atoms with Crippen LogP contribution in [0.2, 0.25) is 0 Å². The molecule has 2 N–H and O–H groups in total. The van der Waals surface area contributed by atoms with Crippen LogP contribution >= 0.6 is 11.3 Å². The number of anilines is 1. The second kappa shape index (κ2) is 7.00. The number of rotatable bonds is 5. The average Bonchev–Trinajstić information content (AvgIpc) is 3.29. The van der Waals surface area contributed by atoms with Crippen LogP contribution in [-0.2, 0) is 6.42 Å². The molecule has 27 heavy (non-hydrogen) atoms. The Labute approximate surface area is 157 Å². The van der Waals surface area contributed by atoms with Crippen molar-refractivity contribution < 1.29 is 19.1 Å². The number of carboxylic acid groups (broad SMARTS) is 1. The van der Waals surface area contributed by atoms with Crippen LogP contribution in [0.4, 0.5) is 5.13 Å². The Bertz CT molecular complexity index is 1130. The van der Waals surface area contributed by atoms with Crippen LogP contribution in [0.15, 0.2) is 59.5 Å². The molecule has 0 bridgehead atoms. The molecular formula is C19H13N3O4S. The van der Waals surface area contributed by atoms with Crippen molar-refractivity contribution in [1.29, 1.82) is 0 Å². The van der Waals surface area contributed by atoms with Gasteiger partial charge in [-0.25, -0.2) is 14.8 Å². The molecule has 3 heterocycles. The van der Waals surface area contributed by atoms with Crippen molar-refractivity contribution in [3.8, 4) is 0 Å². The van der Waals surface area contributed by atoms with Crippen LogP contribution in [0, 0.1) is 0 Å². The Hall–Kier alpha value is -3.52. The predicted molar refractivity (Wildman–Crippen MR) is 100 cm³/mol. The molecule has 1 amide bonds. The number of hydrogen-bond donors (Lipinski definition) is 2. The van der Waals surface area contributed by atoms with E-state index in [9.17, 15) is 9.59 Å². The molecule has 0 radical (unpaired) electrons. The summed E-state index contributed by atoms with van der Waals surface area (Å²) in [5.41, 5.74) is 1.97. The molecule has 8 heteroatoms. The molecule has 134 valence electrons. The van der Waals surface area contributed by atoms with Gasteiger partial charge in [-0.05, 0) is 17.7 Å². The third-order valence-electron chi connectivity index (χ3n) is 3.92. The van der Waals surface area contributed by atoms with Crippen LogP contribution in [0.3, 0.4) is 0 Å². The first kappa shape index (κ1) is 16.9. The lowest BCUT2D eigenvalue weighted by molar-refractivity contribution is 0.0690. The SMILES string of the molecule is O=C(O)c1ccc(Cc2cnc(NC(=O)c3coc4ccccc34)s2)cn1. The number of nitrogens with one attached hydrogen (secondary N) is 1. The second-order valence-corrected chi connectivity index (χ2v) is 6.88. The van der Waals surface area contributed by atoms with Crippen molar-refractivity contribution in [1.82, 2.24) is 9.97 Å². The molecule has 7 nitrogen and oxygen atoms in total. The molecule has 0 spiro atoms. The zero-order valence-corrected chi connectivity index (χ0v) is 14.7. The molecule has 3 aromatic heterocycles. The lowest BCUT2D eigenvalue weighted by Crippen LogP contribution is -2.10. The van der Waals surface area contributed by atoms with Gasteiger partial charge in [0.2, 0.25) is 0 Å². The number of nitrogens with zero attached hydrogens (tertiary/aromatic N) is 2. The van der Waals surface area contributed by atoms with Crippen LogP contribution < -0.4 is 5.32 Å². The van der Waals surface area contributed by atoms with Gasteiger partial charge in [0.1, 0.15) is 17.5 Å². The number of benzene rings is 1. The molecular weight excluding hydrogens is 366 g/mol. The maximum absolute atomic E-state index is 12.5. The topological polar surface area (TPSA) is 105 Å². The standard InChI is InChI=1S/C19H13N3O4S/c23-17(14-10-26-16-4-2-1-3-13(14)16)22-19-21-9-12(27-19)7-11-5-6-15(18(24)25)20-8-11/h1-6,8-10H,7H2,(H,24,25)(H,21,22,23). The van der Waals surface area contributed by atoms with E-state index < -0.39 is 5.97 Å². The minimum Gasteiger partial charge on any atom is -0.477 e. The molecule has 0 unspecified atom stereocenters. The van der Waals surface area contributed by atoms with E-state index in [4.69, 9.17) is 9.52 Å². The number of aromatic nitrogens is 2. The van der Waals surface area contributed by atoms with Gasteiger partial charge in [0.15, 0.2) is 5.13 Å². The molecule has 4 aromatic rings. The molecule has 0 aliphatic heterocycles. The van der Waals surface area contributed by atoms with Gasteiger partial charge in [0.25, 0.3) is 5.91 Å². The van der Waals surface area contributed by atoms with E-state index in [1.165, 1.54) is 29.9 Å². The summed E-state index contributed by atoms with van der Waals surface area (Å²) in [6.45, 7) is 0. The second-order valence-electron chi connectivity index (χ2n) is 5.77. The first-order valence-electron chi connectivity index (χ1n) is 8.00. The highest BCUT2D eigenvalue weighted by atomic mass is 32.1. The van der Waals surface area contributed by atoms with Crippen LogP contribution in [-0.4, -0.2) is 27.0 Å². The Morgan fingerprint density at radius 2 is 1.96 bits per heavy atom. The Kier molecular flexibility index (Phi) is 4.39. The summed E-state index contributed by atoms with van der Waals surface area (Å²) in [5.74, 6) is -1.34. The van der Waals surface area contributed by atoms with E-state index in [2.05, 4.69) is 15.3 Å². The van der Waals surface area contributed by atoms with Gasteiger partial charge >= 0.3 is 5.97 Å². The normalized spacial score (nSPS) is 10.8. The molecule has 0 saturated heterocycles. The number of fused-ring (bicyclic) bond motifs is 1. The summed E-state index contributed by atoms with van der Waals surface area (Å²) in [4.78, 5) is 32.4. The van der Waals surface area contributed by atoms with Gasteiger partial charge in [-0.15, -0.1) is 11.3 Å². The highest BCUT2D eigenvalue weighted by Gasteiger charge is 2.15. The summed E-state index contributed by atoms with van der Waals surface area (Å²) in [5, 5.41) is 12.9. The Balaban J connectivity index is 1.46. The van der Waals surface area contributed by atoms with Gasteiger partial charge < -0.3 is 9.52 Å². The first-order valence-corrected chi connectivity index (χ1v) is 8.82. The fourth-order valence-electron chi connectivity index (χ4n) is 2.62. The predicted octanol–water partition coefficient (Wildman–Crippen LogP) is 3.83. The average molecular weight is 379 g/mol. The van der Waals surface area contributed by atoms with Gasteiger partial charge in [-0.1, -0.05) is 24.3 Å². The summed E-state index contributed by atoms with van der Waals surface area (Å²) < 4.78 is 5.39. The van der Waals surface area contributed by atoms with Crippen molar-refractivity contribution in [2.75, 3.05) is 5.32 Å². The Morgan fingerprint density at radius 3 is 2.74 bits per heavy atom. The fraction of sp³-hybridized carbons (Fsp3) is 0.0526. The molecule has 0 fully saturated rings. The molecule has 0 atom stereocenters. The maximum atomic E-state index is 12.5. The number of pyridine rings is 1. The summed E-state index contributed by atoms with van der Waals surface area (Å²) in [7, 11) is 0. The largest absolute Gasteiger partial charge is 0.477 e. The van der Waals surface area contributed by atoms with Crippen LogP contribution in [0.1, 0.15) is 31.3 Å². The minimum atomic E-state index is -1.06. The summed E-state index contributed by atoms with van der Waals surface area (Å²) in [6.07, 6.45) is 5.19. The van der Waals surface area contributed by atoms with Crippen molar-refractivity contribution in [2.45, 2.75) is 6.42 Å². The number of para-hydroxylation sites is 1. The van der Waals surface area contributed by atoms with Gasteiger partial charge in [-0.3, -0.25) is 10.1 Å². The van der Waals surface area contributed by atoms with E-state index >= 15 is 0 Å². The summed E-state index contributed by atoms with van der Waals surface area (Å²) >= 11 is 1.35. The monoisotopic (exact) mass is 379 g/mol. The van der Waals surface area contributed by atoms with Gasteiger partial charge in [-0.2, -0.15) is 0 Å². The van der Waals surface area contributed by atoms with Crippen molar-refractivity contribution in [3.05, 3.63) is 76.8 Å². The molecule has 0 aliphatic carbocycles. The van der Waals surface area contributed by atoms with E-state index in [1.807, 2.05) is 18.2 Å². The van der Waals surface area contributed by atoms with Crippen molar-refractivity contribution in [3.63, 3.8) is 0 Å². The number of carbonyl (C=O) groups excluding carboxylic acids is 1. The third-order valence-corrected chi connectivity index (χ3v) is 4.83. The van der Waals surface area contributed by atoms with Crippen molar-refractivity contribution >= 4 is 39.3 Å². The Morgan fingerprint density at radius 1 is 1.11 bits per heavy atom. The molecule has 0 aliphatic rings. The maximum Gasteiger partial charge on any atom is 0.354 e. The van der Waals surface area contributed by atoms with Crippen LogP contribution in [0.25, 0.3) is 11.0 Å². The first-order chi connectivity index (χ1) is 13.1. The highest BCUT2D eigenvalue weighted by molar-refractivity contribution is 7.15. The fourth-order valence-corrected chi connectivity index (χ4v) is 3.46. The van der Waals surface area contributed by atoms with E-state index in [1.54, 1.807) is 18.3 Å². The van der Waals surface area contributed by atoms with Crippen molar-refractivity contribution in [2.24, 2.45) is 0 Å². The smallest absolute Gasteiger partial charge is 0.354 e. The number of thiazole rings is 1. The summed E-state index contributed by atoms with van der Waals surface area (Å²) in [6, 6.07) is 10.5. The highest BCUT2D eigenvalue weighted by Crippen LogP contribution is 2.24. The lowest BCUT2D eigenvalue weighted by atomic mass is 10.2. The van der Waals surface area contributed by atoms with Crippen LogP contribution in [0.5, 0.6) is 0 Å².